The Hall–Kier alpha value is -3.38. The number of phenols is 1. The van der Waals surface area contributed by atoms with E-state index in [0.717, 1.165) is 25.9 Å². The molecule has 3 aromatic carbocycles. The van der Waals surface area contributed by atoms with Gasteiger partial charge in [-0.05, 0) is 92.5 Å². The highest BCUT2D eigenvalue weighted by molar-refractivity contribution is 7.89. The standard InChI is InChI=1S/C26H26ClFN6O3S/c1-16-14-17(23-20(27)8-9-22(35)24(23)28)15-21-25(16)31-26(33-32-21)30-18-4-6-19(7-5-18)38(36,37)29-10-13-34-11-2-3-12-34/h4-9,14-15,29,35H,2-3,10-13H2,1H3,(H,30,31,33). The topological polar surface area (TPSA) is 120 Å². The number of nitrogens with zero attached hydrogens (tertiary/aromatic N) is 4. The van der Waals surface area contributed by atoms with Crippen molar-refractivity contribution in [3.8, 4) is 16.9 Å². The summed E-state index contributed by atoms with van der Waals surface area (Å²) >= 11 is 6.19. The number of aryl methyl sites for hydroxylation is 1. The van der Waals surface area contributed by atoms with E-state index in [1.807, 2.05) is 0 Å². The van der Waals surface area contributed by atoms with Crippen molar-refractivity contribution in [3.05, 3.63) is 64.9 Å². The molecule has 1 saturated heterocycles. The first-order valence-corrected chi connectivity index (χ1v) is 14.0. The summed E-state index contributed by atoms with van der Waals surface area (Å²) in [6, 6.07) is 12.2. The van der Waals surface area contributed by atoms with Gasteiger partial charge in [0.15, 0.2) is 11.6 Å². The fraction of sp³-hybridized carbons (Fsp3) is 0.269. The van der Waals surface area contributed by atoms with E-state index < -0.39 is 21.6 Å². The molecule has 38 heavy (non-hydrogen) atoms. The predicted molar refractivity (Wildman–Crippen MR) is 145 cm³/mol. The normalized spacial score (nSPS) is 14.3. The number of hydrogen-bond acceptors (Lipinski definition) is 8. The smallest absolute Gasteiger partial charge is 0.247 e. The van der Waals surface area contributed by atoms with E-state index in [2.05, 4.69) is 30.1 Å². The second kappa shape index (κ2) is 10.8. The second-order valence-corrected chi connectivity index (χ2v) is 11.3. The number of benzene rings is 3. The minimum absolute atomic E-state index is 0.0706. The summed E-state index contributed by atoms with van der Waals surface area (Å²) in [5.41, 5.74) is 2.77. The number of rotatable bonds is 8. The second-order valence-electron chi connectivity index (χ2n) is 9.15. The molecule has 0 radical (unpaired) electrons. The third-order valence-electron chi connectivity index (χ3n) is 6.45. The number of aromatic nitrogens is 3. The molecule has 12 heteroatoms. The van der Waals surface area contributed by atoms with Gasteiger partial charge in [0.2, 0.25) is 16.0 Å². The molecule has 0 saturated carbocycles. The molecule has 1 aromatic heterocycles. The Balaban J connectivity index is 1.31. The van der Waals surface area contributed by atoms with Crippen molar-refractivity contribution >= 4 is 44.3 Å². The molecule has 3 N–H and O–H groups in total. The molecule has 0 atom stereocenters. The predicted octanol–water partition coefficient (Wildman–Crippen LogP) is 4.62. The summed E-state index contributed by atoms with van der Waals surface area (Å²) in [5.74, 6) is -1.10. The summed E-state index contributed by atoms with van der Waals surface area (Å²) in [7, 11) is -3.61. The fourth-order valence-corrected chi connectivity index (χ4v) is 5.77. The van der Waals surface area contributed by atoms with E-state index >= 15 is 0 Å². The SMILES string of the molecule is Cc1cc(-c2c(Cl)ccc(O)c2F)cc2nnc(Nc3ccc(S(=O)(=O)NCCN4CCCC4)cc3)nc12. The molecule has 9 nitrogen and oxygen atoms in total. The average Bonchev–Trinajstić information content (AvgIpc) is 3.41. The number of sulfonamides is 1. The van der Waals surface area contributed by atoms with Crippen LogP contribution in [0.4, 0.5) is 16.0 Å². The van der Waals surface area contributed by atoms with Crippen LogP contribution in [-0.2, 0) is 10.0 Å². The van der Waals surface area contributed by atoms with Crippen LogP contribution >= 0.6 is 11.6 Å². The van der Waals surface area contributed by atoms with E-state index in [1.54, 1.807) is 31.2 Å². The van der Waals surface area contributed by atoms with E-state index in [9.17, 15) is 17.9 Å². The van der Waals surface area contributed by atoms with Crippen molar-refractivity contribution < 1.29 is 17.9 Å². The molecule has 0 amide bonds. The zero-order valence-corrected chi connectivity index (χ0v) is 22.2. The molecule has 0 bridgehead atoms. The van der Waals surface area contributed by atoms with Gasteiger partial charge < -0.3 is 15.3 Å². The van der Waals surface area contributed by atoms with Crippen LogP contribution in [0.15, 0.2) is 53.4 Å². The Morgan fingerprint density at radius 3 is 2.55 bits per heavy atom. The lowest BCUT2D eigenvalue weighted by Gasteiger charge is -2.15. The third-order valence-corrected chi connectivity index (χ3v) is 8.24. The lowest BCUT2D eigenvalue weighted by molar-refractivity contribution is 0.344. The molecule has 1 fully saturated rings. The first-order chi connectivity index (χ1) is 18.2. The summed E-state index contributed by atoms with van der Waals surface area (Å²) < 4.78 is 42.5. The van der Waals surface area contributed by atoms with E-state index in [4.69, 9.17) is 11.6 Å². The maximum atomic E-state index is 14.6. The maximum Gasteiger partial charge on any atom is 0.247 e. The number of nitrogens with one attached hydrogen (secondary N) is 2. The number of aromatic hydroxyl groups is 1. The van der Waals surface area contributed by atoms with Crippen LogP contribution in [0, 0.1) is 12.7 Å². The van der Waals surface area contributed by atoms with Gasteiger partial charge in [0.1, 0.15) is 5.52 Å². The van der Waals surface area contributed by atoms with Crippen LogP contribution in [0.5, 0.6) is 5.75 Å². The highest BCUT2D eigenvalue weighted by Gasteiger charge is 2.18. The monoisotopic (exact) mass is 556 g/mol. The van der Waals surface area contributed by atoms with Crippen molar-refractivity contribution in [3.63, 3.8) is 0 Å². The quantitative estimate of drug-likeness (QED) is 0.288. The zero-order valence-electron chi connectivity index (χ0n) is 20.6. The molecule has 4 aromatic rings. The largest absolute Gasteiger partial charge is 0.505 e. The van der Waals surface area contributed by atoms with Crippen LogP contribution in [0.3, 0.4) is 0 Å². The van der Waals surface area contributed by atoms with Crippen molar-refractivity contribution in [2.45, 2.75) is 24.7 Å². The van der Waals surface area contributed by atoms with Crippen molar-refractivity contribution in [2.75, 3.05) is 31.5 Å². The Labute approximate surface area is 224 Å². The summed E-state index contributed by atoms with van der Waals surface area (Å²) in [4.78, 5) is 6.94. The molecule has 5 rings (SSSR count). The first kappa shape index (κ1) is 26.2. The molecule has 1 aliphatic rings. The molecular weight excluding hydrogens is 531 g/mol. The third kappa shape index (κ3) is 5.56. The maximum absolute atomic E-state index is 14.6. The zero-order chi connectivity index (χ0) is 26.9. The average molecular weight is 557 g/mol. The number of likely N-dealkylation sites (tertiary alicyclic amines) is 1. The number of anilines is 2. The number of halogens is 2. The highest BCUT2D eigenvalue weighted by atomic mass is 35.5. The van der Waals surface area contributed by atoms with Gasteiger partial charge in [0.25, 0.3) is 0 Å². The molecule has 198 valence electrons. The molecular formula is C26H26ClFN6O3S. The summed E-state index contributed by atoms with van der Waals surface area (Å²) in [6.45, 7) is 4.89. The van der Waals surface area contributed by atoms with Crippen molar-refractivity contribution in [2.24, 2.45) is 0 Å². The van der Waals surface area contributed by atoms with Crippen LogP contribution in [0.1, 0.15) is 18.4 Å². The highest BCUT2D eigenvalue weighted by Crippen LogP contribution is 2.36. The molecule has 0 aliphatic carbocycles. The Bertz CT molecular complexity index is 1600. The van der Waals surface area contributed by atoms with Gasteiger partial charge in [-0.3, -0.25) is 0 Å². The molecule has 0 spiro atoms. The van der Waals surface area contributed by atoms with Crippen LogP contribution in [-0.4, -0.2) is 59.8 Å². The first-order valence-electron chi connectivity index (χ1n) is 12.1. The number of hydrogen-bond donors (Lipinski definition) is 3. The Morgan fingerprint density at radius 1 is 1.08 bits per heavy atom. The Kier molecular flexibility index (Phi) is 7.44. The summed E-state index contributed by atoms with van der Waals surface area (Å²) in [5, 5.41) is 21.3. The Morgan fingerprint density at radius 2 is 1.82 bits per heavy atom. The van der Waals surface area contributed by atoms with Gasteiger partial charge in [-0.1, -0.05) is 11.6 Å². The lowest BCUT2D eigenvalue weighted by Crippen LogP contribution is -2.33. The van der Waals surface area contributed by atoms with E-state index in [0.29, 0.717) is 40.9 Å². The number of phenolic OH excluding ortho intramolecular Hbond substituents is 1. The van der Waals surface area contributed by atoms with E-state index in [-0.39, 0.29) is 21.4 Å². The molecule has 1 aliphatic heterocycles. The fourth-order valence-electron chi connectivity index (χ4n) is 4.49. The van der Waals surface area contributed by atoms with Gasteiger partial charge in [0, 0.05) is 24.3 Å². The van der Waals surface area contributed by atoms with Crippen LogP contribution in [0.2, 0.25) is 5.02 Å². The lowest BCUT2D eigenvalue weighted by atomic mass is 10.0. The molecule has 0 unspecified atom stereocenters. The number of fused-ring (bicyclic) bond motifs is 1. The van der Waals surface area contributed by atoms with Crippen molar-refractivity contribution in [1.82, 2.24) is 24.8 Å². The van der Waals surface area contributed by atoms with Crippen molar-refractivity contribution in [1.29, 1.82) is 0 Å². The minimum Gasteiger partial charge on any atom is -0.505 e. The van der Waals surface area contributed by atoms with Gasteiger partial charge in [-0.2, -0.15) is 0 Å². The minimum atomic E-state index is -3.61. The van der Waals surface area contributed by atoms with Crippen LogP contribution < -0.4 is 10.0 Å². The van der Waals surface area contributed by atoms with E-state index in [1.165, 1.54) is 24.3 Å². The van der Waals surface area contributed by atoms with Gasteiger partial charge in [0.05, 0.1) is 15.4 Å². The summed E-state index contributed by atoms with van der Waals surface area (Å²) in [6.07, 6.45) is 2.32. The molecule has 2 heterocycles. The van der Waals surface area contributed by atoms with Gasteiger partial charge in [-0.25, -0.2) is 22.5 Å². The van der Waals surface area contributed by atoms with Gasteiger partial charge >= 0.3 is 0 Å². The van der Waals surface area contributed by atoms with Gasteiger partial charge in [-0.15, -0.1) is 10.2 Å². The van der Waals surface area contributed by atoms with Crippen LogP contribution in [0.25, 0.3) is 22.2 Å².